The average molecular weight is 232 g/mol. The Bertz CT molecular complexity index is 456. The maximum Gasteiger partial charge on any atom is 0.280 e. The quantitative estimate of drug-likeness (QED) is 0.788. The zero-order valence-corrected chi connectivity index (χ0v) is 7.92. The molecule has 4 nitrogen and oxygen atoms in total. The van der Waals surface area contributed by atoms with Crippen LogP contribution in [0.25, 0.3) is 0 Å². The van der Waals surface area contributed by atoms with Crippen LogP contribution in [0, 0.1) is 11.3 Å². The number of nitrogens with zero attached hydrogens (tertiary/aromatic N) is 2. The van der Waals surface area contributed by atoms with E-state index in [-0.39, 0.29) is 11.3 Å². The minimum Gasteiger partial charge on any atom is -0.396 e. The van der Waals surface area contributed by atoms with Crippen molar-refractivity contribution in [3.63, 3.8) is 0 Å². The van der Waals surface area contributed by atoms with Gasteiger partial charge in [-0.3, -0.25) is 4.79 Å². The summed E-state index contributed by atoms with van der Waals surface area (Å²) < 4.78 is 24.6. The van der Waals surface area contributed by atoms with E-state index in [0.717, 1.165) is 6.07 Å². The first kappa shape index (κ1) is 11.3. The summed E-state index contributed by atoms with van der Waals surface area (Å²) in [5.74, 6) is 0. The van der Waals surface area contributed by atoms with Crippen LogP contribution in [0.5, 0.6) is 0 Å². The molecular formula is C8H4ClF2N3O. The molecular weight excluding hydrogens is 228 g/mol. The summed E-state index contributed by atoms with van der Waals surface area (Å²) in [7, 11) is 0. The van der Waals surface area contributed by atoms with Crippen LogP contribution < -0.4 is 5.73 Å². The summed E-state index contributed by atoms with van der Waals surface area (Å²) in [6.07, 6.45) is -2.90. The first-order chi connectivity index (χ1) is 6.97. The molecule has 15 heavy (non-hydrogen) atoms. The molecule has 0 fully saturated rings. The zero-order valence-electron chi connectivity index (χ0n) is 7.17. The highest BCUT2D eigenvalue weighted by molar-refractivity contribution is 6.68. The van der Waals surface area contributed by atoms with E-state index >= 15 is 0 Å². The highest BCUT2D eigenvalue weighted by Crippen LogP contribution is 2.24. The number of rotatable bonds is 2. The van der Waals surface area contributed by atoms with Crippen LogP contribution in [0.3, 0.4) is 0 Å². The van der Waals surface area contributed by atoms with Crippen LogP contribution in [-0.4, -0.2) is 10.2 Å². The Morgan fingerprint density at radius 1 is 1.67 bits per heavy atom. The lowest BCUT2D eigenvalue weighted by molar-refractivity contribution is 0.108. The zero-order chi connectivity index (χ0) is 11.6. The number of halogens is 3. The van der Waals surface area contributed by atoms with Gasteiger partial charge in [-0.15, -0.1) is 0 Å². The molecule has 0 spiro atoms. The molecule has 0 saturated heterocycles. The number of hydrogen-bond donors (Lipinski definition) is 1. The summed E-state index contributed by atoms with van der Waals surface area (Å²) >= 11 is 5.11. The van der Waals surface area contributed by atoms with Crippen molar-refractivity contribution >= 4 is 22.5 Å². The smallest absolute Gasteiger partial charge is 0.280 e. The Morgan fingerprint density at radius 2 is 2.27 bits per heavy atom. The fourth-order valence-corrected chi connectivity index (χ4v) is 1.09. The topological polar surface area (TPSA) is 79.8 Å². The van der Waals surface area contributed by atoms with E-state index in [4.69, 9.17) is 22.6 Å². The molecule has 1 aromatic heterocycles. The normalized spacial score (nSPS) is 10.1. The predicted octanol–water partition coefficient (Wildman–Crippen LogP) is 1.85. The first-order valence-electron chi connectivity index (χ1n) is 3.66. The molecule has 1 rings (SSSR count). The van der Waals surface area contributed by atoms with Gasteiger partial charge in [-0.25, -0.2) is 13.8 Å². The van der Waals surface area contributed by atoms with Gasteiger partial charge in [0.2, 0.25) is 0 Å². The van der Waals surface area contributed by atoms with Crippen LogP contribution >= 0.6 is 11.6 Å². The maximum absolute atomic E-state index is 12.3. The largest absolute Gasteiger partial charge is 0.396 e. The van der Waals surface area contributed by atoms with Gasteiger partial charge in [-0.2, -0.15) is 5.26 Å². The van der Waals surface area contributed by atoms with Gasteiger partial charge in [0.1, 0.15) is 11.8 Å². The molecule has 1 aromatic rings. The monoisotopic (exact) mass is 231 g/mol. The van der Waals surface area contributed by atoms with Crippen molar-refractivity contribution in [2.45, 2.75) is 6.43 Å². The Hall–Kier alpha value is -1.74. The second-order valence-corrected chi connectivity index (χ2v) is 2.89. The van der Waals surface area contributed by atoms with Crippen LogP contribution in [0.4, 0.5) is 14.5 Å². The summed E-state index contributed by atoms with van der Waals surface area (Å²) in [5.41, 5.74) is 3.57. The number of aromatic nitrogens is 1. The van der Waals surface area contributed by atoms with Crippen molar-refractivity contribution in [1.29, 1.82) is 5.26 Å². The minimum absolute atomic E-state index is 0.290. The van der Waals surface area contributed by atoms with E-state index in [1.54, 1.807) is 0 Å². The van der Waals surface area contributed by atoms with E-state index in [1.165, 1.54) is 6.07 Å². The van der Waals surface area contributed by atoms with Crippen LogP contribution in [0.1, 0.15) is 28.2 Å². The van der Waals surface area contributed by atoms with Crippen molar-refractivity contribution in [1.82, 2.24) is 4.98 Å². The highest BCUT2D eigenvalue weighted by Gasteiger charge is 2.18. The second-order valence-electron chi connectivity index (χ2n) is 2.54. The lowest BCUT2D eigenvalue weighted by atomic mass is 10.1. The van der Waals surface area contributed by atoms with Gasteiger partial charge in [-0.05, 0) is 17.7 Å². The molecule has 0 atom stereocenters. The van der Waals surface area contributed by atoms with Crippen LogP contribution in [0.2, 0.25) is 0 Å². The molecule has 7 heteroatoms. The van der Waals surface area contributed by atoms with Gasteiger partial charge in [-0.1, -0.05) is 0 Å². The number of pyridine rings is 1. The lowest BCUT2D eigenvalue weighted by Gasteiger charge is -2.05. The molecule has 0 amide bonds. The third-order valence-corrected chi connectivity index (χ3v) is 1.82. The number of carbonyl (C=O) groups excluding carboxylic acids is 1. The molecule has 2 N–H and O–H groups in total. The number of nitriles is 1. The predicted molar refractivity (Wildman–Crippen MR) is 48.5 cm³/mol. The minimum atomic E-state index is -2.90. The Labute approximate surface area is 88.3 Å². The third-order valence-electron chi connectivity index (χ3n) is 1.62. The molecule has 0 aromatic carbocycles. The number of carbonyl (C=O) groups is 1. The number of alkyl halides is 2. The van der Waals surface area contributed by atoms with E-state index in [1.807, 2.05) is 0 Å². The molecule has 0 bridgehead atoms. The van der Waals surface area contributed by atoms with Crippen molar-refractivity contribution in [2.24, 2.45) is 0 Å². The van der Waals surface area contributed by atoms with Gasteiger partial charge >= 0.3 is 0 Å². The summed E-state index contributed by atoms with van der Waals surface area (Å²) in [6, 6.07) is 2.28. The fraction of sp³-hybridized carbons (Fsp3) is 0.125. The van der Waals surface area contributed by atoms with Crippen molar-refractivity contribution in [2.75, 3.05) is 5.73 Å². The summed E-state index contributed by atoms with van der Waals surface area (Å²) in [5, 5.41) is 7.53. The van der Waals surface area contributed by atoms with Crippen LogP contribution in [-0.2, 0) is 0 Å². The summed E-state index contributed by atoms with van der Waals surface area (Å²) in [6.45, 7) is 0. The van der Waals surface area contributed by atoms with Crippen LogP contribution in [0.15, 0.2) is 6.07 Å². The standard InChI is InChI=1S/C8H4ClF2N3O/c9-7(15)3-1-4(8(10)11)14-5(2-12)6(3)13/h1,8H,13H2. The summed E-state index contributed by atoms with van der Waals surface area (Å²) in [4.78, 5) is 14.1. The number of nitrogen functional groups attached to an aromatic ring is 1. The molecule has 0 aliphatic rings. The molecule has 0 saturated carbocycles. The van der Waals surface area contributed by atoms with E-state index in [0.29, 0.717) is 0 Å². The van der Waals surface area contributed by atoms with Crippen molar-refractivity contribution < 1.29 is 13.6 Å². The van der Waals surface area contributed by atoms with Gasteiger partial charge < -0.3 is 5.73 Å². The molecule has 0 unspecified atom stereocenters. The molecule has 1 heterocycles. The number of nitrogens with two attached hydrogens (primary N) is 1. The lowest BCUT2D eigenvalue weighted by Crippen LogP contribution is -2.06. The fourth-order valence-electron chi connectivity index (χ4n) is 0.934. The Morgan fingerprint density at radius 3 is 2.67 bits per heavy atom. The molecule has 0 aliphatic heterocycles. The first-order valence-corrected chi connectivity index (χ1v) is 4.03. The second kappa shape index (κ2) is 4.19. The molecule has 78 valence electrons. The Kier molecular flexibility index (Phi) is 3.17. The van der Waals surface area contributed by atoms with E-state index in [9.17, 15) is 13.6 Å². The van der Waals surface area contributed by atoms with Gasteiger partial charge in [0.05, 0.1) is 11.3 Å². The molecule has 0 radical (unpaired) electrons. The Balaban J connectivity index is 3.47. The third kappa shape index (κ3) is 2.19. The van der Waals surface area contributed by atoms with Crippen molar-refractivity contribution in [3.05, 3.63) is 23.0 Å². The van der Waals surface area contributed by atoms with Crippen molar-refractivity contribution in [3.8, 4) is 6.07 Å². The van der Waals surface area contributed by atoms with E-state index in [2.05, 4.69) is 4.98 Å². The SMILES string of the molecule is N#Cc1nc(C(F)F)cc(C(=O)Cl)c1N. The number of hydrogen-bond acceptors (Lipinski definition) is 4. The number of anilines is 1. The molecule has 0 aliphatic carbocycles. The maximum atomic E-state index is 12.3. The average Bonchev–Trinajstić information content (AvgIpc) is 2.17. The van der Waals surface area contributed by atoms with Gasteiger partial charge in [0, 0.05) is 0 Å². The van der Waals surface area contributed by atoms with Gasteiger partial charge in [0.15, 0.2) is 5.69 Å². The van der Waals surface area contributed by atoms with E-state index < -0.39 is 23.1 Å². The highest BCUT2D eigenvalue weighted by atomic mass is 35.5. The van der Waals surface area contributed by atoms with Gasteiger partial charge in [0.25, 0.3) is 11.7 Å².